The monoisotopic (exact) mass is 282 g/mol. The standard InChI is InChI=1S/C12H8Cl2N2S/c1-6-2-3-17-11(6)12-15-9-4-7(13)8(14)5-10(9)16-12/h2-5H,1H3,(H,15,16). The largest absolute Gasteiger partial charge is 0.337 e. The second-order valence-corrected chi connectivity index (χ2v) is 5.53. The van der Waals surface area contributed by atoms with Crippen molar-refractivity contribution in [2.45, 2.75) is 6.92 Å². The number of aryl methyl sites for hydroxylation is 1. The minimum atomic E-state index is 0.528. The molecule has 17 heavy (non-hydrogen) atoms. The molecule has 1 N–H and O–H groups in total. The Labute approximate surface area is 112 Å². The van der Waals surface area contributed by atoms with Crippen LogP contribution in [0, 0.1) is 6.92 Å². The number of imidazole rings is 1. The number of aromatic amines is 1. The summed E-state index contributed by atoms with van der Waals surface area (Å²) >= 11 is 13.6. The van der Waals surface area contributed by atoms with Gasteiger partial charge in [0.1, 0.15) is 5.82 Å². The van der Waals surface area contributed by atoms with Crippen molar-refractivity contribution < 1.29 is 0 Å². The van der Waals surface area contributed by atoms with Gasteiger partial charge in [-0.3, -0.25) is 0 Å². The number of fused-ring (bicyclic) bond motifs is 1. The molecular formula is C12H8Cl2N2S. The average Bonchev–Trinajstić information content (AvgIpc) is 2.85. The van der Waals surface area contributed by atoms with E-state index in [4.69, 9.17) is 23.2 Å². The number of benzene rings is 1. The first-order valence-electron chi connectivity index (χ1n) is 5.04. The molecule has 0 saturated heterocycles. The number of halogens is 2. The number of H-pyrrole nitrogens is 1. The maximum Gasteiger partial charge on any atom is 0.148 e. The zero-order chi connectivity index (χ0) is 12.0. The second kappa shape index (κ2) is 4.02. The van der Waals surface area contributed by atoms with Crippen LogP contribution in [0.2, 0.25) is 10.0 Å². The normalized spacial score (nSPS) is 11.2. The van der Waals surface area contributed by atoms with Crippen LogP contribution >= 0.6 is 34.5 Å². The van der Waals surface area contributed by atoms with Crippen LogP contribution < -0.4 is 0 Å². The second-order valence-electron chi connectivity index (χ2n) is 3.80. The van der Waals surface area contributed by atoms with Gasteiger partial charge in [-0.15, -0.1) is 11.3 Å². The number of hydrogen-bond acceptors (Lipinski definition) is 2. The molecule has 1 aromatic carbocycles. The number of rotatable bonds is 1. The van der Waals surface area contributed by atoms with E-state index in [2.05, 4.69) is 28.3 Å². The molecule has 2 aromatic heterocycles. The Morgan fingerprint density at radius 3 is 2.71 bits per heavy atom. The van der Waals surface area contributed by atoms with E-state index in [1.165, 1.54) is 5.56 Å². The Balaban J connectivity index is 2.24. The van der Waals surface area contributed by atoms with Gasteiger partial charge in [-0.2, -0.15) is 0 Å². The summed E-state index contributed by atoms with van der Waals surface area (Å²) in [6.45, 7) is 2.07. The summed E-state index contributed by atoms with van der Waals surface area (Å²) < 4.78 is 0. The minimum Gasteiger partial charge on any atom is -0.337 e. The lowest BCUT2D eigenvalue weighted by Gasteiger charge is -1.93. The molecule has 0 unspecified atom stereocenters. The molecule has 0 fully saturated rings. The zero-order valence-corrected chi connectivity index (χ0v) is 11.2. The first-order chi connectivity index (χ1) is 8.15. The molecule has 0 aliphatic heterocycles. The third-order valence-electron chi connectivity index (χ3n) is 2.60. The van der Waals surface area contributed by atoms with Gasteiger partial charge in [-0.05, 0) is 36.1 Å². The Bertz CT molecular complexity index is 661. The summed E-state index contributed by atoms with van der Waals surface area (Å²) in [6, 6.07) is 5.66. The van der Waals surface area contributed by atoms with E-state index in [0.717, 1.165) is 21.7 Å². The SMILES string of the molecule is Cc1ccsc1-c1nc2cc(Cl)c(Cl)cc2[nH]1. The molecule has 0 saturated carbocycles. The molecule has 0 spiro atoms. The third-order valence-corrected chi connectivity index (χ3v) is 4.35. The van der Waals surface area contributed by atoms with Gasteiger partial charge in [0.2, 0.25) is 0 Å². The quantitative estimate of drug-likeness (QED) is 0.675. The summed E-state index contributed by atoms with van der Waals surface area (Å²) in [6.07, 6.45) is 0. The van der Waals surface area contributed by atoms with Crippen molar-refractivity contribution >= 4 is 45.6 Å². The molecule has 3 aromatic rings. The molecule has 0 amide bonds. The third kappa shape index (κ3) is 1.84. The fourth-order valence-corrected chi connectivity index (χ4v) is 2.92. The van der Waals surface area contributed by atoms with Crippen molar-refractivity contribution in [3.05, 3.63) is 39.2 Å². The minimum absolute atomic E-state index is 0.528. The Morgan fingerprint density at radius 2 is 2.00 bits per heavy atom. The molecule has 5 heteroatoms. The number of nitrogens with one attached hydrogen (secondary N) is 1. The number of aromatic nitrogens is 2. The molecule has 0 aliphatic carbocycles. The lowest BCUT2D eigenvalue weighted by Crippen LogP contribution is -1.77. The van der Waals surface area contributed by atoms with Gasteiger partial charge < -0.3 is 4.98 Å². The number of hydrogen-bond donors (Lipinski definition) is 1. The maximum atomic E-state index is 5.98. The van der Waals surface area contributed by atoms with Crippen LogP contribution in [0.25, 0.3) is 21.7 Å². The highest BCUT2D eigenvalue weighted by molar-refractivity contribution is 7.13. The Kier molecular flexibility index (Phi) is 2.62. The van der Waals surface area contributed by atoms with Crippen molar-refractivity contribution in [2.75, 3.05) is 0 Å². The van der Waals surface area contributed by atoms with Gasteiger partial charge in [0.05, 0.1) is 26.0 Å². The highest BCUT2D eigenvalue weighted by atomic mass is 35.5. The van der Waals surface area contributed by atoms with Crippen molar-refractivity contribution in [1.29, 1.82) is 0 Å². The highest BCUT2D eigenvalue weighted by Crippen LogP contribution is 2.31. The molecule has 3 rings (SSSR count). The maximum absolute atomic E-state index is 5.98. The van der Waals surface area contributed by atoms with Gasteiger partial charge in [0.15, 0.2) is 0 Å². The molecule has 2 nitrogen and oxygen atoms in total. The molecule has 0 atom stereocenters. The van der Waals surface area contributed by atoms with E-state index < -0.39 is 0 Å². The molecule has 2 heterocycles. The summed E-state index contributed by atoms with van der Waals surface area (Å²) in [5, 5.41) is 3.12. The van der Waals surface area contributed by atoms with Crippen LogP contribution in [0.1, 0.15) is 5.56 Å². The molecule has 0 aliphatic rings. The van der Waals surface area contributed by atoms with E-state index in [0.29, 0.717) is 10.0 Å². The number of thiophene rings is 1. The first-order valence-corrected chi connectivity index (χ1v) is 6.68. The van der Waals surface area contributed by atoms with E-state index in [1.807, 2.05) is 0 Å². The van der Waals surface area contributed by atoms with Crippen molar-refractivity contribution in [3.8, 4) is 10.7 Å². The van der Waals surface area contributed by atoms with Crippen LogP contribution in [0.4, 0.5) is 0 Å². The first kappa shape index (κ1) is 11.1. The van der Waals surface area contributed by atoms with Gasteiger partial charge in [-0.25, -0.2) is 4.98 Å². The van der Waals surface area contributed by atoms with Crippen molar-refractivity contribution in [2.24, 2.45) is 0 Å². The Morgan fingerprint density at radius 1 is 1.24 bits per heavy atom. The van der Waals surface area contributed by atoms with Crippen LogP contribution in [-0.4, -0.2) is 9.97 Å². The van der Waals surface area contributed by atoms with Gasteiger partial charge >= 0.3 is 0 Å². The van der Waals surface area contributed by atoms with E-state index >= 15 is 0 Å². The fraction of sp³-hybridized carbons (Fsp3) is 0.0833. The molecule has 0 bridgehead atoms. The summed E-state index contributed by atoms with van der Waals surface area (Å²) in [5.41, 5.74) is 2.95. The van der Waals surface area contributed by atoms with Crippen molar-refractivity contribution in [3.63, 3.8) is 0 Å². The van der Waals surface area contributed by atoms with Crippen molar-refractivity contribution in [1.82, 2.24) is 9.97 Å². The Hall–Kier alpha value is -1.03. The van der Waals surface area contributed by atoms with Crippen LogP contribution in [0.5, 0.6) is 0 Å². The predicted molar refractivity (Wildman–Crippen MR) is 74.2 cm³/mol. The van der Waals surface area contributed by atoms with Gasteiger partial charge in [0.25, 0.3) is 0 Å². The van der Waals surface area contributed by atoms with Crippen LogP contribution in [0.15, 0.2) is 23.6 Å². The summed E-state index contributed by atoms with van der Waals surface area (Å²) in [7, 11) is 0. The molecular weight excluding hydrogens is 275 g/mol. The van der Waals surface area contributed by atoms with Gasteiger partial charge in [-0.1, -0.05) is 23.2 Å². The fourth-order valence-electron chi connectivity index (χ4n) is 1.73. The van der Waals surface area contributed by atoms with Crippen LogP contribution in [0.3, 0.4) is 0 Å². The molecule has 0 radical (unpaired) electrons. The smallest absolute Gasteiger partial charge is 0.148 e. The van der Waals surface area contributed by atoms with E-state index in [1.54, 1.807) is 23.5 Å². The highest BCUT2D eigenvalue weighted by Gasteiger charge is 2.10. The summed E-state index contributed by atoms with van der Waals surface area (Å²) in [5.74, 6) is 0.867. The van der Waals surface area contributed by atoms with Crippen LogP contribution in [-0.2, 0) is 0 Å². The lowest BCUT2D eigenvalue weighted by atomic mass is 10.3. The molecule has 86 valence electrons. The lowest BCUT2D eigenvalue weighted by molar-refractivity contribution is 1.34. The predicted octanol–water partition coefficient (Wildman–Crippen LogP) is 4.91. The number of nitrogens with zero attached hydrogens (tertiary/aromatic N) is 1. The summed E-state index contributed by atoms with van der Waals surface area (Å²) in [4.78, 5) is 8.94. The zero-order valence-electron chi connectivity index (χ0n) is 8.92. The topological polar surface area (TPSA) is 28.7 Å². The van der Waals surface area contributed by atoms with E-state index in [9.17, 15) is 0 Å². The van der Waals surface area contributed by atoms with E-state index in [-0.39, 0.29) is 0 Å². The average molecular weight is 283 g/mol. The van der Waals surface area contributed by atoms with Gasteiger partial charge in [0, 0.05) is 0 Å².